The van der Waals surface area contributed by atoms with Crippen molar-refractivity contribution in [3.05, 3.63) is 30.1 Å². The molecule has 3 heterocycles. The van der Waals surface area contributed by atoms with E-state index in [1.807, 2.05) is 17.8 Å². The molecule has 0 bridgehead atoms. The summed E-state index contributed by atoms with van der Waals surface area (Å²) < 4.78 is 3.67. The van der Waals surface area contributed by atoms with Crippen molar-refractivity contribution in [3.63, 3.8) is 0 Å². The summed E-state index contributed by atoms with van der Waals surface area (Å²) in [7, 11) is 1.89. The largest absolute Gasteiger partial charge is 0.343 e. The van der Waals surface area contributed by atoms with Crippen LogP contribution in [0, 0.1) is 0 Å². The van der Waals surface area contributed by atoms with Crippen LogP contribution in [0.15, 0.2) is 18.6 Å². The predicted octanol–water partition coefficient (Wildman–Crippen LogP) is -0.134. The van der Waals surface area contributed by atoms with Gasteiger partial charge in [-0.1, -0.05) is 5.21 Å². The highest BCUT2D eigenvalue weighted by atomic mass is 16.2. The smallest absolute Gasteiger partial charge is 0.273 e. The Kier molecular flexibility index (Phi) is 3.96. The first kappa shape index (κ1) is 13.7. The number of imidazole rings is 1. The van der Waals surface area contributed by atoms with Gasteiger partial charge in [0.2, 0.25) is 0 Å². The Bertz CT molecular complexity index is 612. The molecule has 1 saturated heterocycles. The Balaban J connectivity index is 1.60. The van der Waals surface area contributed by atoms with E-state index < -0.39 is 0 Å². The lowest BCUT2D eigenvalue weighted by molar-refractivity contribution is 0.0944. The molecule has 21 heavy (non-hydrogen) atoms. The zero-order valence-electron chi connectivity index (χ0n) is 12.0. The molecule has 0 atom stereocenters. The number of nitrogens with one attached hydrogen (secondary N) is 2. The van der Waals surface area contributed by atoms with Gasteiger partial charge < -0.3 is 15.2 Å². The van der Waals surface area contributed by atoms with E-state index in [9.17, 15) is 4.79 Å². The van der Waals surface area contributed by atoms with Gasteiger partial charge in [-0.3, -0.25) is 4.79 Å². The number of piperidine rings is 1. The zero-order chi connectivity index (χ0) is 14.7. The normalized spacial score (nSPS) is 16.0. The minimum Gasteiger partial charge on any atom is -0.343 e. The summed E-state index contributed by atoms with van der Waals surface area (Å²) in [5, 5.41) is 14.2. The molecule has 112 valence electrons. The summed E-state index contributed by atoms with van der Waals surface area (Å²) in [5.41, 5.74) is 0.350. The highest BCUT2D eigenvalue weighted by Crippen LogP contribution is 2.16. The summed E-state index contributed by atoms with van der Waals surface area (Å²) in [5.74, 6) is 0.576. The van der Waals surface area contributed by atoms with Gasteiger partial charge in [0.25, 0.3) is 5.91 Å². The molecule has 8 nitrogen and oxygen atoms in total. The number of aromatic nitrogens is 5. The lowest BCUT2D eigenvalue weighted by Gasteiger charge is -2.22. The Morgan fingerprint density at radius 1 is 1.48 bits per heavy atom. The molecule has 0 radical (unpaired) electrons. The second-order valence-corrected chi connectivity index (χ2v) is 5.20. The van der Waals surface area contributed by atoms with E-state index in [0.717, 1.165) is 31.8 Å². The molecule has 0 aliphatic carbocycles. The fourth-order valence-corrected chi connectivity index (χ4v) is 2.45. The minimum atomic E-state index is -0.224. The standard InChI is InChI=1S/C13H19N7O/c1-19-7-6-15-12(19)8-16-13(21)11-9-20(18-17-11)10-2-4-14-5-3-10/h6-7,9-10,14H,2-5,8H2,1H3,(H,16,21). The molecular formula is C13H19N7O. The van der Waals surface area contributed by atoms with E-state index in [1.54, 1.807) is 17.1 Å². The summed E-state index contributed by atoms with van der Waals surface area (Å²) in [6.45, 7) is 2.33. The molecule has 1 fully saturated rings. The SMILES string of the molecule is Cn1ccnc1CNC(=O)c1cn(C2CCNCC2)nn1. The van der Waals surface area contributed by atoms with Crippen molar-refractivity contribution in [2.45, 2.75) is 25.4 Å². The molecule has 1 aliphatic heterocycles. The average Bonchev–Trinajstić information content (AvgIpc) is 3.15. The molecule has 0 saturated carbocycles. The molecule has 2 N–H and O–H groups in total. The fraction of sp³-hybridized carbons (Fsp3) is 0.538. The maximum atomic E-state index is 12.1. The number of carbonyl (C=O) groups is 1. The third-order valence-electron chi connectivity index (χ3n) is 3.75. The van der Waals surface area contributed by atoms with Crippen LogP contribution < -0.4 is 10.6 Å². The summed E-state index contributed by atoms with van der Waals surface area (Å²) in [4.78, 5) is 16.2. The number of carbonyl (C=O) groups excluding carboxylic acids is 1. The van der Waals surface area contributed by atoms with Crippen molar-refractivity contribution in [2.24, 2.45) is 7.05 Å². The number of hydrogen-bond acceptors (Lipinski definition) is 5. The van der Waals surface area contributed by atoms with Crippen LogP contribution in [-0.4, -0.2) is 43.5 Å². The Labute approximate surface area is 122 Å². The van der Waals surface area contributed by atoms with Crippen LogP contribution in [0.2, 0.25) is 0 Å². The van der Waals surface area contributed by atoms with E-state index in [1.165, 1.54) is 0 Å². The van der Waals surface area contributed by atoms with Gasteiger partial charge in [0.05, 0.1) is 18.8 Å². The molecule has 8 heteroatoms. The van der Waals surface area contributed by atoms with Crippen molar-refractivity contribution >= 4 is 5.91 Å². The third-order valence-corrected chi connectivity index (χ3v) is 3.75. The van der Waals surface area contributed by atoms with Gasteiger partial charge in [-0.05, 0) is 25.9 Å². The quantitative estimate of drug-likeness (QED) is 0.818. The lowest BCUT2D eigenvalue weighted by Crippen LogP contribution is -2.29. The average molecular weight is 289 g/mol. The molecule has 2 aromatic heterocycles. The van der Waals surface area contributed by atoms with Crippen molar-refractivity contribution < 1.29 is 4.79 Å². The van der Waals surface area contributed by atoms with Crippen LogP contribution in [0.3, 0.4) is 0 Å². The van der Waals surface area contributed by atoms with Gasteiger partial charge in [0.1, 0.15) is 5.82 Å². The van der Waals surface area contributed by atoms with Gasteiger partial charge in [-0.25, -0.2) is 9.67 Å². The van der Waals surface area contributed by atoms with Gasteiger partial charge >= 0.3 is 0 Å². The third kappa shape index (κ3) is 3.10. The maximum Gasteiger partial charge on any atom is 0.273 e. The van der Waals surface area contributed by atoms with E-state index in [-0.39, 0.29) is 5.91 Å². The Hall–Kier alpha value is -2.22. The van der Waals surface area contributed by atoms with Crippen LogP contribution in [0.4, 0.5) is 0 Å². The predicted molar refractivity (Wildman–Crippen MR) is 75.5 cm³/mol. The van der Waals surface area contributed by atoms with Crippen LogP contribution in [0.25, 0.3) is 0 Å². The number of rotatable bonds is 4. The van der Waals surface area contributed by atoms with Crippen molar-refractivity contribution in [2.75, 3.05) is 13.1 Å². The molecular weight excluding hydrogens is 270 g/mol. The first-order chi connectivity index (χ1) is 10.2. The minimum absolute atomic E-state index is 0.224. The highest BCUT2D eigenvalue weighted by Gasteiger charge is 2.18. The summed E-state index contributed by atoms with van der Waals surface area (Å²) in [6.07, 6.45) is 7.29. The Morgan fingerprint density at radius 2 is 2.29 bits per heavy atom. The lowest BCUT2D eigenvalue weighted by atomic mass is 10.1. The van der Waals surface area contributed by atoms with Crippen LogP contribution in [-0.2, 0) is 13.6 Å². The Morgan fingerprint density at radius 3 is 3.00 bits per heavy atom. The number of aryl methyl sites for hydroxylation is 1. The molecule has 0 spiro atoms. The molecule has 2 aromatic rings. The summed E-state index contributed by atoms with van der Waals surface area (Å²) >= 11 is 0. The molecule has 0 unspecified atom stereocenters. The van der Waals surface area contributed by atoms with E-state index in [0.29, 0.717) is 18.3 Å². The molecule has 3 rings (SSSR count). The zero-order valence-corrected chi connectivity index (χ0v) is 12.0. The maximum absolute atomic E-state index is 12.1. The number of nitrogens with zero attached hydrogens (tertiary/aromatic N) is 5. The van der Waals surface area contributed by atoms with Crippen LogP contribution >= 0.6 is 0 Å². The van der Waals surface area contributed by atoms with Gasteiger partial charge in [0, 0.05) is 19.4 Å². The molecule has 1 amide bonds. The highest BCUT2D eigenvalue weighted by molar-refractivity contribution is 5.91. The topological polar surface area (TPSA) is 89.7 Å². The second kappa shape index (κ2) is 6.04. The second-order valence-electron chi connectivity index (χ2n) is 5.20. The number of amides is 1. The van der Waals surface area contributed by atoms with Gasteiger partial charge in [0.15, 0.2) is 5.69 Å². The van der Waals surface area contributed by atoms with Crippen LogP contribution in [0.5, 0.6) is 0 Å². The number of hydrogen-bond donors (Lipinski definition) is 2. The monoisotopic (exact) mass is 289 g/mol. The fourth-order valence-electron chi connectivity index (χ4n) is 2.45. The first-order valence-corrected chi connectivity index (χ1v) is 7.11. The van der Waals surface area contributed by atoms with E-state index in [4.69, 9.17) is 0 Å². The molecule has 1 aliphatic rings. The van der Waals surface area contributed by atoms with Crippen molar-refractivity contribution in [1.82, 2.24) is 35.2 Å². The van der Waals surface area contributed by atoms with Crippen LogP contribution in [0.1, 0.15) is 35.2 Å². The first-order valence-electron chi connectivity index (χ1n) is 7.11. The van der Waals surface area contributed by atoms with Gasteiger partial charge in [-0.15, -0.1) is 5.10 Å². The van der Waals surface area contributed by atoms with E-state index >= 15 is 0 Å². The summed E-state index contributed by atoms with van der Waals surface area (Å²) in [6, 6.07) is 0.329. The molecule has 0 aromatic carbocycles. The van der Waals surface area contributed by atoms with Crippen molar-refractivity contribution in [1.29, 1.82) is 0 Å². The van der Waals surface area contributed by atoms with Crippen molar-refractivity contribution in [3.8, 4) is 0 Å². The van der Waals surface area contributed by atoms with Gasteiger partial charge in [-0.2, -0.15) is 0 Å². The van der Waals surface area contributed by atoms with E-state index in [2.05, 4.69) is 25.9 Å².